The summed E-state index contributed by atoms with van der Waals surface area (Å²) < 4.78 is 5.81. The number of anilines is 1. The molecule has 0 saturated carbocycles. The maximum absolute atomic E-state index is 12.8. The standard InChI is InChI=1S/C30H25ClN2O3S/c31-25-12-6-21(7-13-25)18-33-28(34)20-37-30(33)24-10-8-23(9-11-24)29(35)32-26-14-16-27(17-15-26)36-19-22-4-2-1-3-5-22/h1-17,30H,18-20H2,(H,32,35)/t30-/m0/s1. The second-order valence-electron chi connectivity index (χ2n) is 8.69. The van der Waals surface area contributed by atoms with E-state index >= 15 is 0 Å². The van der Waals surface area contributed by atoms with Crippen LogP contribution in [0.2, 0.25) is 5.02 Å². The van der Waals surface area contributed by atoms with Crippen molar-refractivity contribution in [2.24, 2.45) is 0 Å². The first-order valence-corrected chi connectivity index (χ1v) is 13.3. The summed E-state index contributed by atoms with van der Waals surface area (Å²) in [7, 11) is 0. The Hall–Kier alpha value is -3.74. The van der Waals surface area contributed by atoms with Gasteiger partial charge < -0.3 is 15.0 Å². The smallest absolute Gasteiger partial charge is 0.255 e. The first-order chi connectivity index (χ1) is 18.0. The molecule has 0 aromatic heterocycles. The van der Waals surface area contributed by atoms with Crippen molar-refractivity contribution >= 4 is 40.9 Å². The van der Waals surface area contributed by atoms with Gasteiger partial charge in [0.15, 0.2) is 0 Å². The number of ether oxygens (including phenoxy) is 1. The predicted molar refractivity (Wildman–Crippen MR) is 149 cm³/mol. The van der Waals surface area contributed by atoms with E-state index in [4.69, 9.17) is 16.3 Å². The first-order valence-electron chi connectivity index (χ1n) is 11.9. The lowest BCUT2D eigenvalue weighted by Crippen LogP contribution is -2.27. The lowest BCUT2D eigenvalue weighted by Gasteiger charge is -2.24. The number of nitrogens with zero attached hydrogens (tertiary/aromatic N) is 1. The van der Waals surface area contributed by atoms with Crippen LogP contribution in [0.1, 0.15) is 32.4 Å². The fourth-order valence-corrected chi connectivity index (χ4v) is 5.38. The lowest BCUT2D eigenvalue weighted by atomic mass is 10.1. The van der Waals surface area contributed by atoms with Gasteiger partial charge in [-0.05, 0) is 65.2 Å². The Labute approximate surface area is 225 Å². The molecule has 4 aromatic carbocycles. The summed E-state index contributed by atoms with van der Waals surface area (Å²) in [6, 6.07) is 32.2. The van der Waals surface area contributed by atoms with Crippen LogP contribution in [-0.2, 0) is 17.9 Å². The molecule has 0 unspecified atom stereocenters. The van der Waals surface area contributed by atoms with E-state index in [-0.39, 0.29) is 17.2 Å². The van der Waals surface area contributed by atoms with Gasteiger partial charge in [-0.1, -0.05) is 66.2 Å². The van der Waals surface area contributed by atoms with Crippen LogP contribution in [0, 0.1) is 0 Å². The quantitative estimate of drug-likeness (QED) is 0.269. The predicted octanol–water partition coefficient (Wildman–Crippen LogP) is 6.95. The van der Waals surface area contributed by atoms with E-state index in [2.05, 4.69) is 5.32 Å². The zero-order valence-electron chi connectivity index (χ0n) is 20.0. The zero-order valence-corrected chi connectivity index (χ0v) is 21.5. The number of halogens is 1. The third kappa shape index (κ3) is 6.34. The fraction of sp³-hybridized carbons (Fsp3) is 0.133. The fourth-order valence-electron chi connectivity index (χ4n) is 4.07. The molecule has 2 amide bonds. The van der Waals surface area contributed by atoms with Crippen LogP contribution in [0.25, 0.3) is 0 Å². The molecule has 1 fully saturated rings. The largest absolute Gasteiger partial charge is 0.489 e. The van der Waals surface area contributed by atoms with Crippen molar-refractivity contribution in [1.82, 2.24) is 4.90 Å². The summed E-state index contributed by atoms with van der Waals surface area (Å²) in [5, 5.41) is 3.50. The molecule has 1 aliphatic rings. The highest BCUT2D eigenvalue weighted by atomic mass is 35.5. The Morgan fingerprint density at radius 1 is 0.892 bits per heavy atom. The van der Waals surface area contributed by atoms with Crippen molar-refractivity contribution in [3.05, 3.63) is 130 Å². The summed E-state index contributed by atoms with van der Waals surface area (Å²) in [6.07, 6.45) is 0. The van der Waals surface area contributed by atoms with Crippen LogP contribution < -0.4 is 10.1 Å². The highest BCUT2D eigenvalue weighted by Crippen LogP contribution is 2.39. The van der Waals surface area contributed by atoms with Gasteiger partial charge in [0.2, 0.25) is 5.91 Å². The summed E-state index contributed by atoms with van der Waals surface area (Å²) in [6.45, 7) is 1.00. The molecule has 1 aliphatic heterocycles. The van der Waals surface area contributed by atoms with Crippen molar-refractivity contribution in [3.8, 4) is 5.75 Å². The lowest BCUT2D eigenvalue weighted by molar-refractivity contribution is -0.128. The van der Waals surface area contributed by atoms with Crippen molar-refractivity contribution in [2.45, 2.75) is 18.5 Å². The Morgan fingerprint density at radius 3 is 2.30 bits per heavy atom. The minimum atomic E-state index is -0.197. The van der Waals surface area contributed by atoms with Gasteiger partial charge in [-0.15, -0.1) is 11.8 Å². The molecule has 0 spiro atoms. The van der Waals surface area contributed by atoms with Crippen LogP contribution in [-0.4, -0.2) is 22.5 Å². The van der Waals surface area contributed by atoms with Crippen molar-refractivity contribution in [2.75, 3.05) is 11.1 Å². The van der Waals surface area contributed by atoms with Crippen molar-refractivity contribution in [1.29, 1.82) is 0 Å². The molecule has 1 atom stereocenters. The molecular formula is C30H25ClN2O3S. The van der Waals surface area contributed by atoms with Crippen LogP contribution in [0.5, 0.6) is 5.75 Å². The van der Waals surface area contributed by atoms with Gasteiger partial charge in [0, 0.05) is 22.8 Å². The maximum atomic E-state index is 12.8. The van der Waals surface area contributed by atoms with E-state index in [0.29, 0.717) is 35.2 Å². The molecule has 7 heteroatoms. The van der Waals surface area contributed by atoms with Gasteiger partial charge in [-0.25, -0.2) is 0 Å². The molecule has 0 radical (unpaired) electrons. The van der Waals surface area contributed by atoms with E-state index in [1.54, 1.807) is 23.9 Å². The number of rotatable bonds is 8. The number of carbonyl (C=O) groups excluding carboxylic acids is 2. The Bertz CT molecular complexity index is 1360. The summed E-state index contributed by atoms with van der Waals surface area (Å²) >= 11 is 7.58. The number of hydrogen-bond donors (Lipinski definition) is 1. The van der Waals surface area contributed by atoms with Crippen LogP contribution >= 0.6 is 23.4 Å². The number of amides is 2. The number of carbonyl (C=O) groups is 2. The SMILES string of the molecule is O=C(Nc1ccc(OCc2ccccc2)cc1)c1ccc([C@@H]2SCC(=O)N2Cc2ccc(Cl)cc2)cc1. The number of thioether (sulfide) groups is 1. The van der Waals surface area contributed by atoms with Gasteiger partial charge in [0.25, 0.3) is 5.91 Å². The molecule has 4 aromatic rings. The van der Waals surface area contributed by atoms with E-state index < -0.39 is 0 Å². The molecule has 1 heterocycles. The average Bonchev–Trinajstić information content (AvgIpc) is 3.30. The van der Waals surface area contributed by atoms with E-state index in [0.717, 1.165) is 22.4 Å². The summed E-state index contributed by atoms with van der Waals surface area (Å²) in [5.41, 5.74) is 4.34. The highest BCUT2D eigenvalue weighted by molar-refractivity contribution is 8.00. The third-order valence-corrected chi connectivity index (χ3v) is 7.56. The molecule has 5 rings (SSSR count). The molecule has 186 valence electrons. The monoisotopic (exact) mass is 528 g/mol. The minimum absolute atomic E-state index is 0.0938. The Balaban J connectivity index is 1.19. The Morgan fingerprint density at radius 2 is 1.59 bits per heavy atom. The number of nitrogens with one attached hydrogen (secondary N) is 1. The third-order valence-electron chi connectivity index (χ3n) is 6.05. The molecular weight excluding hydrogens is 504 g/mol. The summed E-state index contributed by atoms with van der Waals surface area (Å²) in [5.74, 6) is 1.07. The summed E-state index contributed by atoms with van der Waals surface area (Å²) in [4.78, 5) is 27.2. The average molecular weight is 529 g/mol. The van der Waals surface area contributed by atoms with Crippen LogP contribution in [0.15, 0.2) is 103 Å². The van der Waals surface area contributed by atoms with Gasteiger partial charge in [-0.2, -0.15) is 0 Å². The molecule has 0 aliphatic carbocycles. The van der Waals surface area contributed by atoms with Crippen LogP contribution in [0.3, 0.4) is 0 Å². The minimum Gasteiger partial charge on any atom is -0.489 e. The van der Waals surface area contributed by atoms with E-state index in [1.807, 2.05) is 95.9 Å². The maximum Gasteiger partial charge on any atom is 0.255 e. The Kier molecular flexibility index (Phi) is 7.78. The molecule has 1 saturated heterocycles. The van der Waals surface area contributed by atoms with Gasteiger partial charge in [-0.3, -0.25) is 9.59 Å². The van der Waals surface area contributed by atoms with Crippen molar-refractivity contribution < 1.29 is 14.3 Å². The molecule has 5 nitrogen and oxygen atoms in total. The second kappa shape index (κ2) is 11.5. The highest BCUT2D eigenvalue weighted by Gasteiger charge is 2.32. The van der Waals surface area contributed by atoms with Crippen LogP contribution in [0.4, 0.5) is 5.69 Å². The molecule has 0 bridgehead atoms. The van der Waals surface area contributed by atoms with Gasteiger partial charge in [0.05, 0.1) is 5.75 Å². The topological polar surface area (TPSA) is 58.6 Å². The first kappa shape index (κ1) is 24.9. The number of benzene rings is 4. The van der Waals surface area contributed by atoms with Crippen molar-refractivity contribution in [3.63, 3.8) is 0 Å². The second-order valence-corrected chi connectivity index (χ2v) is 10.2. The van der Waals surface area contributed by atoms with Gasteiger partial charge in [0.1, 0.15) is 17.7 Å². The number of hydrogen-bond acceptors (Lipinski definition) is 4. The van der Waals surface area contributed by atoms with E-state index in [1.165, 1.54) is 0 Å². The normalized spacial score (nSPS) is 15.0. The van der Waals surface area contributed by atoms with E-state index in [9.17, 15) is 9.59 Å². The molecule has 1 N–H and O–H groups in total. The zero-order chi connectivity index (χ0) is 25.6. The molecule has 37 heavy (non-hydrogen) atoms. The van der Waals surface area contributed by atoms with Gasteiger partial charge >= 0.3 is 0 Å².